The summed E-state index contributed by atoms with van der Waals surface area (Å²) in [7, 11) is 1.58. The lowest BCUT2D eigenvalue weighted by Crippen LogP contribution is -2.60. The molecular formula is C26H23Cl3FN5O3. The molecule has 1 atom stereocenters. The maximum Gasteiger partial charge on any atom is 0.252 e. The van der Waals surface area contributed by atoms with Gasteiger partial charge in [0.15, 0.2) is 0 Å². The number of nitrogens with one attached hydrogen (secondary N) is 2. The fourth-order valence-corrected chi connectivity index (χ4v) is 4.73. The summed E-state index contributed by atoms with van der Waals surface area (Å²) in [6, 6.07) is 11.3. The number of hydrogen-bond acceptors (Lipinski definition) is 5. The van der Waals surface area contributed by atoms with Crippen LogP contribution in [0.25, 0.3) is 0 Å². The minimum Gasteiger partial charge on any atom is -0.341 e. The Morgan fingerprint density at radius 1 is 1.00 bits per heavy atom. The summed E-state index contributed by atoms with van der Waals surface area (Å²) in [5, 5.41) is 6.54. The Morgan fingerprint density at radius 3 is 2.34 bits per heavy atom. The Hall–Kier alpha value is -3.40. The summed E-state index contributed by atoms with van der Waals surface area (Å²) < 4.78 is 13.5. The first-order valence-corrected chi connectivity index (χ1v) is 12.5. The first-order chi connectivity index (χ1) is 17.9. The van der Waals surface area contributed by atoms with Crippen LogP contribution in [-0.4, -0.2) is 47.9 Å². The monoisotopic (exact) mass is 577 g/mol. The number of halogens is 4. The van der Waals surface area contributed by atoms with Crippen molar-refractivity contribution in [1.82, 2.24) is 15.6 Å². The summed E-state index contributed by atoms with van der Waals surface area (Å²) in [6.07, 6.45) is 1.15. The van der Waals surface area contributed by atoms with Crippen molar-refractivity contribution >= 4 is 69.6 Å². The van der Waals surface area contributed by atoms with Crippen LogP contribution in [0, 0.1) is 5.95 Å². The number of carbonyl (C=O) groups is 3. The van der Waals surface area contributed by atoms with Crippen molar-refractivity contribution in [2.24, 2.45) is 0 Å². The van der Waals surface area contributed by atoms with Crippen molar-refractivity contribution in [3.63, 3.8) is 0 Å². The lowest BCUT2D eigenvalue weighted by atomic mass is 10.0. The Balaban J connectivity index is 1.65. The average molecular weight is 579 g/mol. The zero-order valence-corrected chi connectivity index (χ0v) is 22.8. The van der Waals surface area contributed by atoms with Crippen LogP contribution in [0.1, 0.15) is 24.2 Å². The van der Waals surface area contributed by atoms with Crippen molar-refractivity contribution in [3.8, 4) is 0 Å². The van der Waals surface area contributed by atoms with Gasteiger partial charge in [0.1, 0.15) is 11.6 Å². The lowest BCUT2D eigenvalue weighted by molar-refractivity contribution is -0.130. The minimum atomic E-state index is -1.46. The maximum absolute atomic E-state index is 13.5. The van der Waals surface area contributed by atoms with Gasteiger partial charge in [-0.25, -0.2) is 4.98 Å². The number of pyridine rings is 1. The Kier molecular flexibility index (Phi) is 7.83. The average Bonchev–Trinajstić information content (AvgIpc) is 2.93. The summed E-state index contributed by atoms with van der Waals surface area (Å²) in [6.45, 7) is 2.98. The van der Waals surface area contributed by atoms with Gasteiger partial charge in [-0.3, -0.25) is 14.4 Å². The SMILES string of the molecule is CN1C(=O)[C@H](NC(=O)C(C)(C)NC(=O)c2ccnc(F)c2)CN(c2cc(Cl)cc(Cl)c2)c2ccc(Cl)cc21. The molecule has 1 aromatic heterocycles. The molecule has 2 aromatic carbocycles. The molecule has 0 saturated heterocycles. The third-order valence-electron chi connectivity index (χ3n) is 6.03. The molecule has 0 spiro atoms. The number of anilines is 3. The van der Waals surface area contributed by atoms with Gasteiger partial charge in [0.25, 0.3) is 11.8 Å². The van der Waals surface area contributed by atoms with Gasteiger partial charge < -0.3 is 20.4 Å². The van der Waals surface area contributed by atoms with Crippen molar-refractivity contribution in [1.29, 1.82) is 0 Å². The van der Waals surface area contributed by atoms with Gasteiger partial charge >= 0.3 is 0 Å². The zero-order valence-electron chi connectivity index (χ0n) is 20.6. The molecule has 3 aromatic rings. The molecule has 0 unspecified atom stereocenters. The van der Waals surface area contributed by atoms with E-state index in [0.29, 0.717) is 32.1 Å². The van der Waals surface area contributed by atoms with E-state index in [1.807, 2.05) is 0 Å². The van der Waals surface area contributed by atoms with E-state index in [-0.39, 0.29) is 12.1 Å². The first-order valence-electron chi connectivity index (χ1n) is 11.4. The number of hydrogen-bond donors (Lipinski definition) is 2. The van der Waals surface area contributed by atoms with Gasteiger partial charge in [-0.15, -0.1) is 0 Å². The Labute approximate surface area is 233 Å². The third kappa shape index (κ3) is 5.85. The number of likely N-dealkylation sites (N-methyl/N-ethyl adjacent to an activating group) is 1. The molecule has 0 aliphatic carbocycles. The normalized spacial score (nSPS) is 15.6. The largest absolute Gasteiger partial charge is 0.341 e. The number of nitrogens with zero attached hydrogens (tertiary/aromatic N) is 3. The second-order valence-corrected chi connectivity index (χ2v) is 10.6. The molecule has 0 fully saturated rings. The van der Waals surface area contributed by atoms with Crippen LogP contribution < -0.4 is 20.4 Å². The summed E-state index contributed by atoms with van der Waals surface area (Å²) in [5.41, 5.74) is 0.304. The number of fused-ring (bicyclic) bond motifs is 1. The van der Waals surface area contributed by atoms with Crippen molar-refractivity contribution in [3.05, 3.63) is 81.3 Å². The van der Waals surface area contributed by atoms with Crippen LogP contribution in [-0.2, 0) is 9.59 Å². The summed E-state index contributed by atoms with van der Waals surface area (Å²) in [4.78, 5) is 46.2. The van der Waals surface area contributed by atoms with Crippen LogP contribution in [0.4, 0.5) is 21.5 Å². The Bertz CT molecular complexity index is 1410. The summed E-state index contributed by atoms with van der Waals surface area (Å²) >= 11 is 18.8. The lowest BCUT2D eigenvalue weighted by Gasteiger charge is -2.30. The number of benzene rings is 2. The molecule has 0 bridgehead atoms. The molecule has 4 rings (SSSR count). The van der Waals surface area contributed by atoms with E-state index >= 15 is 0 Å². The van der Waals surface area contributed by atoms with Gasteiger partial charge in [0.05, 0.1) is 17.9 Å². The van der Waals surface area contributed by atoms with Crippen molar-refractivity contribution in [2.75, 3.05) is 23.4 Å². The molecule has 3 amide bonds. The van der Waals surface area contributed by atoms with Gasteiger partial charge in [-0.1, -0.05) is 34.8 Å². The smallest absolute Gasteiger partial charge is 0.252 e. The molecule has 12 heteroatoms. The molecular weight excluding hydrogens is 556 g/mol. The molecule has 0 saturated carbocycles. The van der Waals surface area contributed by atoms with Gasteiger partial charge in [-0.2, -0.15) is 4.39 Å². The van der Waals surface area contributed by atoms with E-state index in [4.69, 9.17) is 34.8 Å². The predicted molar refractivity (Wildman–Crippen MR) is 146 cm³/mol. The summed E-state index contributed by atoms with van der Waals surface area (Å²) in [5.74, 6) is -2.53. The highest BCUT2D eigenvalue weighted by Crippen LogP contribution is 2.40. The fraction of sp³-hybridized carbons (Fsp3) is 0.231. The van der Waals surface area contributed by atoms with Crippen molar-refractivity contribution in [2.45, 2.75) is 25.4 Å². The molecule has 198 valence electrons. The molecule has 1 aliphatic heterocycles. The van der Waals surface area contributed by atoms with Crippen LogP contribution >= 0.6 is 34.8 Å². The number of rotatable bonds is 5. The molecule has 2 N–H and O–H groups in total. The first kappa shape index (κ1) is 27.6. The Morgan fingerprint density at radius 2 is 1.68 bits per heavy atom. The zero-order chi connectivity index (χ0) is 27.8. The van der Waals surface area contributed by atoms with Gasteiger partial charge in [-0.05, 0) is 56.3 Å². The van der Waals surface area contributed by atoms with E-state index < -0.39 is 35.3 Å². The molecule has 0 radical (unpaired) electrons. The van der Waals surface area contributed by atoms with E-state index in [1.165, 1.54) is 24.8 Å². The highest BCUT2D eigenvalue weighted by molar-refractivity contribution is 6.35. The minimum absolute atomic E-state index is 0.00000969. The second-order valence-electron chi connectivity index (χ2n) is 9.24. The van der Waals surface area contributed by atoms with E-state index in [2.05, 4.69) is 15.6 Å². The maximum atomic E-state index is 13.5. The fourth-order valence-electron chi connectivity index (χ4n) is 4.05. The highest BCUT2D eigenvalue weighted by atomic mass is 35.5. The second kappa shape index (κ2) is 10.8. The van der Waals surface area contributed by atoms with E-state index in [0.717, 1.165) is 12.3 Å². The highest BCUT2D eigenvalue weighted by Gasteiger charge is 2.38. The van der Waals surface area contributed by atoms with Crippen LogP contribution in [0.2, 0.25) is 15.1 Å². The molecule has 2 heterocycles. The quantitative estimate of drug-likeness (QED) is 0.416. The van der Waals surface area contributed by atoms with Crippen LogP contribution in [0.15, 0.2) is 54.7 Å². The van der Waals surface area contributed by atoms with Crippen molar-refractivity contribution < 1.29 is 18.8 Å². The topological polar surface area (TPSA) is 94.6 Å². The third-order valence-corrected chi connectivity index (χ3v) is 6.70. The van der Waals surface area contributed by atoms with Gasteiger partial charge in [0.2, 0.25) is 11.9 Å². The van der Waals surface area contributed by atoms with E-state index in [1.54, 1.807) is 48.3 Å². The number of carbonyl (C=O) groups excluding carboxylic acids is 3. The van der Waals surface area contributed by atoms with Gasteiger partial charge in [0, 0.05) is 45.6 Å². The standard InChI is InChI=1S/C26H23Cl3FN5O3/c1-26(2,33-23(36)14-6-7-31-22(30)8-14)25(38)32-19-13-35(18-10-16(28)9-17(29)11-18)20-5-4-15(27)12-21(20)34(3)24(19)37/h4-12,19H,13H2,1-3H3,(H,32,38)(H,33,36)/t19-/m1/s1. The number of aromatic nitrogens is 1. The van der Waals surface area contributed by atoms with Crippen LogP contribution in [0.3, 0.4) is 0 Å². The molecule has 38 heavy (non-hydrogen) atoms. The predicted octanol–water partition coefficient (Wildman–Crippen LogP) is 4.99. The van der Waals surface area contributed by atoms with Crippen LogP contribution in [0.5, 0.6) is 0 Å². The molecule has 8 nitrogen and oxygen atoms in total. The molecule has 1 aliphatic rings. The van der Waals surface area contributed by atoms with E-state index in [9.17, 15) is 18.8 Å². The number of amides is 3.